The number of rotatable bonds is 13. The average Bonchev–Trinajstić information content (AvgIpc) is 3.34. The first-order chi connectivity index (χ1) is 22.6. The highest BCUT2D eigenvalue weighted by Crippen LogP contribution is 2.39. The van der Waals surface area contributed by atoms with Gasteiger partial charge in [-0.05, 0) is 89.8 Å². The Morgan fingerprint density at radius 3 is 2.45 bits per heavy atom. The number of aliphatic hydroxyl groups excluding tert-OH is 3. The van der Waals surface area contributed by atoms with E-state index in [0.29, 0.717) is 44.0 Å². The molecule has 0 radical (unpaired) electrons. The van der Waals surface area contributed by atoms with Crippen molar-refractivity contribution in [2.24, 2.45) is 17.8 Å². The van der Waals surface area contributed by atoms with Crippen molar-refractivity contribution >= 4 is 34.4 Å². The van der Waals surface area contributed by atoms with E-state index in [1.807, 2.05) is 4.90 Å². The highest BCUT2D eigenvalue weighted by molar-refractivity contribution is 14.1. The Hall–Kier alpha value is -1.93. The Balaban J connectivity index is 1.68. The second-order valence-electron chi connectivity index (χ2n) is 13.9. The normalized spacial score (nSPS) is 27.1. The predicted octanol–water partition coefficient (Wildman–Crippen LogP) is 4.74. The van der Waals surface area contributed by atoms with Gasteiger partial charge >= 0.3 is 0 Å². The van der Waals surface area contributed by atoms with E-state index in [2.05, 4.69) is 48.7 Å². The fourth-order valence-electron chi connectivity index (χ4n) is 7.62. The van der Waals surface area contributed by atoms with Gasteiger partial charge in [0.2, 0.25) is 11.8 Å². The summed E-state index contributed by atoms with van der Waals surface area (Å²) in [7, 11) is 1.51. The van der Waals surface area contributed by atoms with Crippen LogP contribution in [-0.2, 0) is 20.9 Å². The summed E-state index contributed by atoms with van der Waals surface area (Å²) in [5.41, 5.74) is 1.03. The second-order valence-corrected chi connectivity index (χ2v) is 15.1. The van der Waals surface area contributed by atoms with Gasteiger partial charge in [-0.3, -0.25) is 9.59 Å². The first-order valence-electron chi connectivity index (χ1n) is 17.4. The molecule has 0 heterocycles. The Labute approximate surface area is 293 Å². The van der Waals surface area contributed by atoms with Crippen LogP contribution in [0, 0.1) is 21.3 Å². The van der Waals surface area contributed by atoms with E-state index in [9.17, 15) is 24.9 Å². The van der Waals surface area contributed by atoms with Crippen LogP contribution < -0.4 is 14.8 Å². The molecule has 1 aromatic rings. The van der Waals surface area contributed by atoms with Crippen LogP contribution in [0.1, 0.15) is 90.5 Å². The van der Waals surface area contributed by atoms with Crippen molar-refractivity contribution in [3.05, 3.63) is 32.9 Å². The van der Waals surface area contributed by atoms with Crippen LogP contribution >= 0.6 is 22.6 Å². The Morgan fingerprint density at radius 2 is 1.81 bits per heavy atom. The summed E-state index contributed by atoms with van der Waals surface area (Å²) in [6, 6.07) is 2.63. The van der Waals surface area contributed by atoms with Gasteiger partial charge in [-0.25, -0.2) is 0 Å². The summed E-state index contributed by atoms with van der Waals surface area (Å²) in [4.78, 5) is 29.6. The monoisotopic (exact) mass is 770 g/mol. The van der Waals surface area contributed by atoms with Crippen LogP contribution in [0.3, 0.4) is 0 Å². The molecule has 2 amide bonds. The van der Waals surface area contributed by atoms with Gasteiger partial charge in [0.15, 0.2) is 11.5 Å². The van der Waals surface area contributed by atoms with Crippen molar-refractivity contribution in [2.75, 3.05) is 26.9 Å². The lowest BCUT2D eigenvalue weighted by atomic mass is 9.75. The summed E-state index contributed by atoms with van der Waals surface area (Å²) in [5.74, 6) is 1.61. The number of carbonyl (C=O) groups excluding carboxylic acids is 2. The van der Waals surface area contributed by atoms with E-state index in [4.69, 9.17) is 14.2 Å². The van der Waals surface area contributed by atoms with Gasteiger partial charge in [0.05, 0.1) is 36.0 Å². The highest BCUT2D eigenvalue weighted by atomic mass is 127. The van der Waals surface area contributed by atoms with Crippen molar-refractivity contribution < 1.29 is 39.1 Å². The number of carbonyl (C=O) groups is 2. The first kappa shape index (κ1) is 37.9. The number of nitrogens with one attached hydrogen (secondary N) is 1. The van der Waals surface area contributed by atoms with E-state index >= 15 is 0 Å². The van der Waals surface area contributed by atoms with E-state index in [1.54, 1.807) is 18.2 Å². The SMILES string of the molecule is COc1cc(CO)cc(I)c1O[C@H]1C=C(C(=O)NCCO)C[C@@H](N(C(=O)CO[C@H]2C[C@@H](C)CC[C@@H]2C(C)C)C2CCCCCC2)[C@@H]1O. The van der Waals surface area contributed by atoms with Crippen molar-refractivity contribution in [1.82, 2.24) is 10.2 Å². The van der Waals surface area contributed by atoms with Crippen molar-refractivity contribution in [2.45, 2.75) is 122 Å². The van der Waals surface area contributed by atoms with Crippen LogP contribution in [-0.4, -0.2) is 89.3 Å². The molecule has 3 aliphatic rings. The molecule has 47 heavy (non-hydrogen) atoms. The second kappa shape index (κ2) is 18.2. The largest absolute Gasteiger partial charge is 0.493 e. The quantitative estimate of drug-likeness (QED) is 0.167. The molecular formula is C36H55IN2O8. The molecule has 0 spiro atoms. The number of methoxy groups -OCH3 is 1. The molecule has 4 rings (SSSR count). The molecule has 0 aromatic heterocycles. The van der Waals surface area contributed by atoms with Crippen LogP contribution in [0.25, 0.3) is 0 Å². The minimum absolute atomic E-state index is 0.00203. The zero-order valence-electron chi connectivity index (χ0n) is 28.5. The molecule has 0 unspecified atom stereocenters. The zero-order chi connectivity index (χ0) is 34.1. The lowest BCUT2D eigenvalue weighted by molar-refractivity contribution is -0.152. The number of nitrogens with zero attached hydrogens (tertiary/aromatic N) is 1. The fourth-order valence-corrected chi connectivity index (χ4v) is 8.41. The summed E-state index contributed by atoms with van der Waals surface area (Å²) in [5, 5.41) is 33.9. The number of halogens is 1. The van der Waals surface area contributed by atoms with Crippen molar-refractivity contribution in [3.8, 4) is 11.5 Å². The number of aliphatic hydroxyl groups is 3. The minimum atomic E-state index is -1.15. The van der Waals surface area contributed by atoms with Crippen LogP contribution in [0.5, 0.6) is 11.5 Å². The summed E-state index contributed by atoms with van der Waals surface area (Å²) >= 11 is 2.10. The third kappa shape index (κ3) is 9.83. The third-order valence-electron chi connectivity index (χ3n) is 10.2. The molecule has 0 saturated heterocycles. The molecule has 6 atom stereocenters. The Morgan fingerprint density at radius 1 is 1.09 bits per heavy atom. The third-order valence-corrected chi connectivity index (χ3v) is 11.0. The molecule has 4 N–H and O–H groups in total. The van der Waals surface area contributed by atoms with Crippen LogP contribution in [0.4, 0.5) is 0 Å². The maximum absolute atomic E-state index is 14.4. The lowest BCUT2D eigenvalue weighted by Crippen LogP contribution is -2.59. The van der Waals surface area contributed by atoms with Gasteiger partial charge in [-0.2, -0.15) is 0 Å². The van der Waals surface area contributed by atoms with Gasteiger partial charge < -0.3 is 39.7 Å². The molecular weight excluding hydrogens is 715 g/mol. The highest BCUT2D eigenvalue weighted by Gasteiger charge is 2.44. The molecule has 0 bridgehead atoms. The zero-order valence-corrected chi connectivity index (χ0v) is 30.6. The van der Waals surface area contributed by atoms with Crippen LogP contribution in [0.2, 0.25) is 0 Å². The molecule has 3 aliphatic carbocycles. The van der Waals surface area contributed by atoms with E-state index in [0.717, 1.165) is 51.4 Å². The molecule has 2 fully saturated rings. The van der Waals surface area contributed by atoms with Crippen LogP contribution in [0.15, 0.2) is 23.8 Å². The minimum Gasteiger partial charge on any atom is -0.493 e. The summed E-state index contributed by atoms with van der Waals surface area (Å²) in [6.45, 7) is 6.31. The van der Waals surface area contributed by atoms with Crippen molar-refractivity contribution in [1.29, 1.82) is 0 Å². The standard InChI is InChI=1S/C36H55IN2O8/c1-22(2)27-12-11-23(3)15-30(27)46-21-33(42)39(26-9-7-5-6-8-10-26)29-18-25(36(44)38-13-14-40)19-31(34(29)43)47-35-28(37)16-24(20-41)17-32(35)45-4/h16-17,19,22-23,26-27,29-31,34,40-41,43H,5-15,18,20-21H2,1-4H3,(H,38,44)/t23-,27+,29+,30-,31-,34-/m0/s1. The maximum atomic E-state index is 14.4. The Kier molecular flexibility index (Phi) is 14.6. The summed E-state index contributed by atoms with van der Waals surface area (Å²) < 4.78 is 19.2. The smallest absolute Gasteiger partial charge is 0.249 e. The number of ether oxygens (including phenoxy) is 3. The summed E-state index contributed by atoms with van der Waals surface area (Å²) in [6.07, 6.45) is 8.63. The number of benzene rings is 1. The van der Waals surface area contributed by atoms with E-state index < -0.39 is 18.2 Å². The van der Waals surface area contributed by atoms with Gasteiger partial charge in [0, 0.05) is 24.6 Å². The molecule has 11 heteroatoms. The topological polar surface area (TPSA) is 138 Å². The van der Waals surface area contributed by atoms with Gasteiger partial charge in [-0.1, -0.05) is 52.9 Å². The molecule has 0 aliphatic heterocycles. The predicted molar refractivity (Wildman–Crippen MR) is 188 cm³/mol. The number of hydrogen-bond acceptors (Lipinski definition) is 8. The molecule has 10 nitrogen and oxygen atoms in total. The first-order valence-corrected chi connectivity index (χ1v) is 18.5. The number of hydrogen-bond donors (Lipinski definition) is 4. The van der Waals surface area contributed by atoms with Gasteiger partial charge in [-0.15, -0.1) is 0 Å². The van der Waals surface area contributed by atoms with Gasteiger partial charge in [0.1, 0.15) is 18.8 Å². The van der Waals surface area contributed by atoms with E-state index in [-0.39, 0.29) is 56.7 Å². The average molecular weight is 771 g/mol. The van der Waals surface area contributed by atoms with Gasteiger partial charge in [0.25, 0.3) is 0 Å². The van der Waals surface area contributed by atoms with Crippen molar-refractivity contribution in [3.63, 3.8) is 0 Å². The number of amides is 2. The lowest BCUT2D eigenvalue weighted by Gasteiger charge is -2.44. The molecule has 2 saturated carbocycles. The molecule has 1 aromatic carbocycles. The maximum Gasteiger partial charge on any atom is 0.249 e. The Bertz CT molecular complexity index is 1220. The van der Waals surface area contributed by atoms with E-state index in [1.165, 1.54) is 13.5 Å². The fraction of sp³-hybridized carbons (Fsp3) is 0.722. The molecule has 264 valence electrons.